The van der Waals surface area contributed by atoms with Gasteiger partial charge in [-0.1, -0.05) is 6.07 Å². The number of carboxylic acids is 1. The zero-order chi connectivity index (χ0) is 15.9. The molecule has 22 heavy (non-hydrogen) atoms. The summed E-state index contributed by atoms with van der Waals surface area (Å²) in [5.41, 5.74) is 0. The number of β-lactam (4-membered cyclic amide) rings is 1. The first-order valence-corrected chi connectivity index (χ1v) is 8.87. The monoisotopic (exact) mass is 360 g/mol. The molecule has 0 saturated carbocycles. The molecule has 0 aromatic carbocycles. The van der Waals surface area contributed by atoms with Gasteiger partial charge in [0.25, 0.3) is 0 Å². The van der Waals surface area contributed by atoms with Crippen molar-refractivity contribution in [2.75, 3.05) is 12.3 Å². The SMILES string of the molecule is O=C(Cc1cccs1)NC1C(=O)N2CC(Cl)(C(=O)O)CS[C@H]12. The van der Waals surface area contributed by atoms with E-state index in [0.29, 0.717) is 0 Å². The van der Waals surface area contributed by atoms with Crippen molar-refractivity contribution in [3.63, 3.8) is 0 Å². The largest absolute Gasteiger partial charge is 0.480 e. The Labute approximate surface area is 139 Å². The number of carbonyl (C=O) groups is 3. The number of nitrogens with one attached hydrogen (secondary N) is 1. The quantitative estimate of drug-likeness (QED) is 0.611. The number of fused-ring (bicyclic) bond motifs is 1. The summed E-state index contributed by atoms with van der Waals surface area (Å²) in [5.74, 6) is -1.40. The molecule has 1 aromatic heterocycles. The van der Waals surface area contributed by atoms with Gasteiger partial charge in [-0.3, -0.25) is 14.4 Å². The lowest BCUT2D eigenvalue weighted by molar-refractivity contribution is -0.152. The number of halogens is 1. The lowest BCUT2D eigenvalue weighted by atomic mass is 10.0. The molecular formula is C13H13ClN2O4S2. The number of carbonyl (C=O) groups excluding carboxylic acids is 2. The molecule has 3 atom stereocenters. The molecule has 118 valence electrons. The summed E-state index contributed by atoms with van der Waals surface area (Å²) in [6, 6.07) is 3.14. The third-order valence-electron chi connectivity index (χ3n) is 3.66. The van der Waals surface area contributed by atoms with Crippen LogP contribution in [0.3, 0.4) is 0 Å². The van der Waals surface area contributed by atoms with Gasteiger partial charge < -0.3 is 15.3 Å². The lowest BCUT2D eigenvalue weighted by Crippen LogP contribution is -2.74. The third kappa shape index (κ3) is 2.70. The second-order valence-corrected chi connectivity index (χ2v) is 8.10. The predicted octanol–water partition coefficient (Wildman–Crippen LogP) is 0.753. The van der Waals surface area contributed by atoms with Crippen molar-refractivity contribution < 1.29 is 19.5 Å². The maximum Gasteiger partial charge on any atom is 0.327 e. The molecule has 2 saturated heterocycles. The Hall–Kier alpha value is -1.25. The minimum Gasteiger partial charge on any atom is -0.480 e. The van der Waals surface area contributed by atoms with E-state index in [-0.39, 0.29) is 35.9 Å². The second kappa shape index (κ2) is 5.75. The summed E-state index contributed by atoms with van der Waals surface area (Å²) in [6.07, 6.45) is 0.243. The highest BCUT2D eigenvalue weighted by molar-refractivity contribution is 8.00. The molecule has 0 aliphatic carbocycles. The van der Waals surface area contributed by atoms with Crippen LogP contribution in [0, 0.1) is 0 Å². The van der Waals surface area contributed by atoms with Crippen molar-refractivity contribution in [1.82, 2.24) is 10.2 Å². The number of carboxylic acid groups (broad SMARTS) is 1. The van der Waals surface area contributed by atoms with E-state index in [9.17, 15) is 14.4 Å². The van der Waals surface area contributed by atoms with Crippen molar-refractivity contribution in [3.8, 4) is 0 Å². The molecule has 0 spiro atoms. The first-order chi connectivity index (χ1) is 10.4. The summed E-state index contributed by atoms with van der Waals surface area (Å²) in [6.45, 7) is -0.0301. The van der Waals surface area contributed by atoms with E-state index in [4.69, 9.17) is 16.7 Å². The molecule has 3 heterocycles. The first-order valence-electron chi connectivity index (χ1n) is 6.57. The summed E-state index contributed by atoms with van der Waals surface area (Å²) in [4.78, 5) is 36.1. The van der Waals surface area contributed by atoms with Gasteiger partial charge in [-0.05, 0) is 11.4 Å². The Bertz CT molecular complexity index is 624. The topological polar surface area (TPSA) is 86.7 Å². The molecular weight excluding hydrogens is 348 g/mol. The van der Waals surface area contributed by atoms with Crippen LogP contribution >= 0.6 is 34.7 Å². The number of aliphatic carboxylic acids is 1. The van der Waals surface area contributed by atoms with Crippen molar-refractivity contribution in [1.29, 1.82) is 0 Å². The number of alkyl halides is 1. The summed E-state index contributed by atoms with van der Waals surface area (Å²) < 4.78 is 0. The molecule has 2 aliphatic heterocycles. The summed E-state index contributed by atoms with van der Waals surface area (Å²) in [7, 11) is 0. The molecule has 1 aromatic rings. The molecule has 9 heteroatoms. The van der Waals surface area contributed by atoms with E-state index in [1.165, 1.54) is 28.0 Å². The third-order valence-corrected chi connectivity index (χ3v) is 6.64. The molecule has 6 nitrogen and oxygen atoms in total. The maximum atomic E-state index is 12.1. The lowest BCUT2D eigenvalue weighted by Gasteiger charge is -2.52. The van der Waals surface area contributed by atoms with Gasteiger partial charge >= 0.3 is 5.97 Å². The Morgan fingerprint density at radius 3 is 2.95 bits per heavy atom. The number of amides is 2. The van der Waals surface area contributed by atoms with Crippen LogP contribution in [-0.2, 0) is 20.8 Å². The van der Waals surface area contributed by atoms with Crippen LogP contribution in [-0.4, -0.2) is 56.4 Å². The fourth-order valence-electron chi connectivity index (χ4n) is 2.47. The average Bonchev–Trinajstić information content (AvgIpc) is 2.97. The average molecular weight is 361 g/mol. The van der Waals surface area contributed by atoms with Gasteiger partial charge in [0.1, 0.15) is 11.4 Å². The minimum absolute atomic E-state index is 0.0301. The standard InChI is InChI=1S/C13H13ClN2O4S2/c14-13(12(19)20)5-16-10(18)9(11(16)22-6-13)15-8(17)4-7-2-1-3-21-7/h1-3,9,11H,4-6H2,(H,15,17)(H,19,20)/t9?,11-,13?/m1/s1. The van der Waals surface area contributed by atoms with Gasteiger partial charge in [0.05, 0.1) is 13.0 Å². The Morgan fingerprint density at radius 1 is 1.55 bits per heavy atom. The highest BCUT2D eigenvalue weighted by atomic mass is 35.5. The predicted molar refractivity (Wildman–Crippen MR) is 84.1 cm³/mol. The van der Waals surface area contributed by atoms with Crippen LogP contribution in [0.5, 0.6) is 0 Å². The number of thiophene rings is 1. The van der Waals surface area contributed by atoms with Crippen molar-refractivity contribution >= 4 is 52.5 Å². The van der Waals surface area contributed by atoms with Crippen LogP contribution in [0.25, 0.3) is 0 Å². The minimum atomic E-state index is -1.44. The van der Waals surface area contributed by atoms with Crippen LogP contribution < -0.4 is 5.32 Å². The van der Waals surface area contributed by atoms with E-state index in [0.717, 1.165) is 4.88 Å². The van der Waals surface area contributed by atoms with Gasteiger partial charge in [0.2, 0.25) is 11.8 Å². The van der Waals surface area contributed by atoms with Crippen molar-refractivity contribution in [2.24, 2.45) is 0 Å². The highest BCUT2D eigenvalue weighted by Crippen LogP contribution is 2.40. The molecule has 3 rings (SSSR count). The Kier molecular flexibility index (Phi) is 4.09. The van der Waals surface area contributed by atoms with E-state index in [1.54, 1.807) is 0 Å². The highest BCUT2D eigenvalue weighted by Gasteiger charge is 2.56. The number of rotatable bonds is 4. The normalized spacial score (nSPS) is 30.4. The number of nitrogens with zero attached hydrogens (tertiary/aromatic N) is 1. The fraction of sp³-hybridized carbons (Fsp3) is 0.462. The van der Waals surface area contributed by atoms with E-state index in [2.05, 4.69) is 5.32 Å². The fourth-order valence-corrected chi connectivity index (χ4v) is 4.88. The molecule has 2 amide bonds. The molecule has 2 aliphatic rings. The second-order valence-electron chi connectivity index (χ2n) is 5.24. The Balaban J connectivity index is 1.59. The van der Waals surface area contributed by atoms with E-state index >= 15 is 0 Å². The van der Waals surface area contributed by atoms with Gasteiger partial charge in [-0.15, -0.1) is 34.7 Å². The van der Waals surface area contributed by atoms with Gasteiger partial charge in [0, 0.05) is 10.6 Å². The molecule has 0 bridgehead atoms. The smallest absolute Gasteiger partial charge is 0.327 e. The molecule has 2 fully saturated rings. The van der Waals surface area contributed by atoms with Crippen molar-refractivity contribution in [2.45, 2.75) is 22.7 Å². The number of hydrogen-bond acceptors (Lipinski definition) is 5. The zero-order valence-electron chi connectivity index (χ0n) is 11.3. The summed E-state index contributed by atoms with van der Waals surface area (Å²) in [5, 5.41) is 13.5. The van der Waals surface area contributed by atoms with Crippen LogP contribution in [0.15, 0.2) is 17.5 Å². The maximum absolute atomic E-state index is 12.1. The molecule has 0 radical (unpaired) electrons. The van der Waals surface area contributed by atoms with Crippen LogP contribution in [0.2, 0.25) is 0 Å². The zero-order valence-corrected chi connectivity index (χ0v) is 13.7. The molecule has 2 unspecified atom stereocenters. The number of hydrogen-bond donors (Lipinski definition) is 2. The Morgan fingerprint density at radius 2 is 2.32 bits per heavy atom. The van der Waals surface area contributed by atoms with Gasteiger partial charge in [0.15, 0.2) is 4.87 Å². The van der Waals surface area contributed by atoms with E-state index < -0.39 is 16.9 Å². The number of thioether (sulfide) groups is 1. The van der Waals surface area contributed by atoms with Gasteiger partial charge in [-0.25, -0.2) is 0 Å². The van der Waals surface area contributed by atoms with Crippen LogP contribution in [0.1, 0.15) is 4.88 Å². The van der Waals surface area contributed by atoms with E-state index in [1.807, 2.05) is 17.5 Å². The molecule has 2 N–H and O–H groups in total. The van der Waals surface area contributed by atoms with Gasteiger partial charge in [-0.2, -0.15) is 0 Å². The first kappa shape index (κ1) is 15.6. The van der Waals surface area contributed by atoms with Crippen molar-refractivity contribution in [3.05, 3.63) is 22.4 Å². The summed E-state index contributed by atoms with van der Waals surface area (Å²) >= 11 is 8.79. The van der Waals surface area contributed by atoms with Crippen LogP contribution in [0.4, 0.5) is 0 Å².